The Labute approximate surface area is 191 Å². The van der Waals surface area contributed by atoms with Gasteiger partial charge in [0, 0.05) is 19.2 Å². The fourth-order valence-electron chi connectivity index (χ4n) is 5.62. The molecule has 1 aromatic carbocycles. The van der Waals surface area contributed by atoms with E-state index in [0.717, 1.165) is 76.0 Å². The van der Waals surface area contributed by atoms with Gasteiger partial charge in [0.2, 0.25) is 0 Å². The molecule has 32 heavy (non-hydrogen) atoms. The quantitative estimate of drug-likeness (QED) is 0.649. The van der Waals surface area contributed by atoms with Crippen molar-refractivity contribution in [2.45, 2.75) is 63.8 Å². The maximum atomic E-state index is 13.2. The fourth-order valence-corrected chi connectivity index (χ4v) is 5.62. The molecule has 2 aliphatic heterocycles. The van der Waals surface area contributed by atoms with Gasteiger partial charge >= 0.3 is 6.03 Å². The number of likely N-dealkylation sites (tertiary alicyclic amines) is 1. The number of imide groups is 1. The average Bonchev–Trinajstić information content (AvgIpc) is 3.05. The van der Waals surface area contributed by atoms with E-state index in [1.807, 2.05) is 6.07 Å². The number of nitrogens with one attached hydrogen (secondary N) is 1. The molecule has 1 spiro atoms. The van der Waals surface area contributed by atoms with E-state index in [4.69, 9.17) is 9.47 Å². The summed E-state index contributed by atoms with van der Waals surface area (Å²) in [5.41, 5.74) is 0.570. The highest BCUT2D eigenvalue weighted by atomic mass is 16.5. The summed E-state index contributed by atoms with van der Waals surface area (Å²) in [6.45, 7) is 4.36. The molecule has 3 amide bonds. The minimum Gasteiger partial charge on any atom is -0.497 e. The molecule has 2 saturated heterocycles. The molecule has 176 valence electrons. The largest absolute Gasteiger partial charge is 0.497 e. The molecule has 7 nitrogen and oxygen atoms in total. The van der Waals surface area contributed by atoms with Crippen molar-refractivity contribution in [2.24, 2.45) is 11.8 Å². The van der Waals surface area contributed by atoms with Gasteiger partial charge < -0.3 is 14.8 Å². The van der Waals surface area contributed by atoms with Crippen molar-refractivity contribution >= 4 is 11.9 Å². The zero-order valence-electron chi connectivity index (χ0n) is 19.7. The lowest BCUT2D eigenvalue weighted by Crippen LogP contribution is -2.54. The average molecular weight is 444 g/mol. The van der Waals surface area contributed by atoms with E-state index in [1.54, 1.807) is 14.2 Å². The van der Waals surface area contributed by atoms with Crippen molar-refractivity contribution < 1.29 is 19.1 Å². The van der Waals surface area contributed by atoms with E-state index < -0.39 is 5.54 Å². The maximum absolute atomic E-state index is 13.2. The Morgan fingerprint density at radius 1 is 1.03 bits per heavy atom. The Hall–Kier alpha value is -2.28. The molecule has 0 unspecified atom stereocenters. The molecule has 1 N–H and O–H groups in total. The summed E-state index contributed by atoms with van der Waals surface area (Å²) in [5.74, 6) is 2.50. The summed E-state index contributed by atoms with van der Waals surface area (Å²) < 4.78 is 10.8. The molecular weight excluding hydrogens is 406 g/mol. The lowest BCUT2D eigenvalue weighted by atomic mass is 9.73. The standard InChI is InChI=1S/C25H37N3O4/c1-18-6-4-5-11-25(18)23(29)28(24(30)26-25)17-27-12-9-19(10-13-27)7-8-20-14-21(31-2)16-22(15-20)32-3/h14-16,18-19H,4-13,17H2,1-3H3,(H,26,30)/t18-,25+/m1/s1. The first-order chi connectivity index (χ1) is 15.4. The number of methoxy groups -OCH3 is 2. The van der Waals surface area contributed by atoms with Crippen molar-refractivity contribution in [3.8, 4) is 11.5 Å². The zero-order chi connectivity index (χ0) is 22.7. The third-order valence-corrected chi connectivity index (χ3v) is 7.80. The molecule has 1 aromatic rings. The Bertz CT molecular complexity index is 814. The Balaban J connectivity index is 1.27. The second-order valence-corrected chi connectivity index (χ2v) is 9.74. The van der Waals surface area contributed by atoms with Crippen LogP contribution in [-0.4, -0.2) is 61.3 Å². The summed E-state index contributed by atoms with van der Waals surface area (Å²) in [5, 5.41) is 3.06. The third kappa shape index (κ3) is 4.58. The van der Waals surface area contributed by atoms with Gasteiger partial charge in [0.25, 0.3) is 5.91 Å². The van der Waals surface area contributed by atoms with Crippen molar-refractivity contribution in [3.05, 3.63) is 23.8 Å². The van der Waals surface area contributed by atoms with Gasteiger partial charge in [-0.1, -0.05) is 19.8 Å². The van der Waals surface area contributed by atoms with Crippen LogP contribution < -0.4 is 14.8 Å². The zero-order valence-corrected chi connectivity index (χ0v) is 19.7. The number of ether oxygens (including phenoxy) is 2. The molecule has 1 aliphatic carbocycles. The molecule has 0 radical (unpaired) electrons. The number of aryl methyl sites for hydroxylation is 1. The number of carbonyl (C=O) groups is 2. The van der Waals surface area contributed by atoms with Crippen molar-refractivity contribution in [1.82, 2.24) is 15.1 Å². The fraction of sp³-hybridized carbons (Fsp3) is 0.680. The summed E-state index contributed by atoms with van der Waals surface area (Å²) in [4.78, 5) is 29.6. The number of hydrogen-bond donors (Lipinski definition) is 1. The highest BCUT2D eigenvalue weighted by Crippen LogP contribution is 2.38. The number of piperidine rings is 1. The number of benzene rings is 1. The van der Waals surface area contributed by atoms with Crippen LogP contribution in [0.5, 0.6) is 11.5 Å². The summed E-state index contributed by atoms with van der Waals surface area (Å²) in [6.07, 6.45) is 8.21. The van der Waals surface area contributed by atoms with Gasteiger partial charge in [-0.2, -0.15) is 0 Å². The number of rotatable bonds is 7. The van der Waals surface area contributed by atoms with E-state index in [1.165, 1.54) is 10.5 Å². The van der Waals surface area contributed by atoms with Crippen molar-refractivity contribution in [3.63, 3.8) is 0 Å². The Morgan fingerprint density at radius 2 is 1.72 bits per heavy atom. The molecule has 3 aliphatic rings. The van der Waals surface area contributed by atoms with E-state index in [0.29, 0.717) is 12.6 Å². The predicted octanol–water partition coefficient (Wildman–Crippen LogP) is 3.81. The first-order valence-corrected chi connectivity index (χ1v) is 12.0. The van der Waals surface area contributed by atoms with Crippen LogP contribution in [0.2, 0.25) is 0 Å². The molecule has 3 fully saturated rings. The highest BCUT2D eigenvalue weighted by molar-refractivity contribution is 6.07. The molecule has 0 aromatic heterocycles. The molecule has 2 atom stereocenters. The number of amides is 3. The molecule has 2 heterocycles. The van der Waals surface area contributed by atoms with Gasteiger partial charge in [0.15, 0.2) is 0 Å². The maximum Gasteiger partial charge on any atom is 0.326 e. The van der Waals surface area contributed by atoms with Gasteiger partial charge in [-0.15, -0.1) is 0 Å². The lowest BCUT2D eigenvalue weighted by Gasteiger charge is -2.37. The molecular formula is C25H37N3O4. The highest BCUT2D eigenvalue weighted by Gasteiger charge is 2.55. The summed E-state index contributed by atoms with van der Waals surface area (Å²) in [6, 6.07) is 5.85. The van der Waals surface area contributed by atoms with Gasteiger partial charge in [-0.25, -0.2) is 9.69 Å². The van der Waals surface area contributed by atoms with Gasteiger partial charge in [0.05, 0.1) is 20.9 Å². The number of nitrogens with zero attached hydrogens (tertiary/aromatic N) is 2. The first kappa shape index (κ1) is 22.9. The van der Waals surface area contributed by atoms with E-state index in [9.17, 15) is 9.59 Å². The SMILES string of the molecule is COc1cc(CCC2CCN(CN3C(=O)N[C@]4(CCCC[C@H]4C)C3=O)CC2)cc(OC)c1. The van der Waals surface area contributed by atoms with Crippen LogP contribution in [0.25, 0.3) is 0 Å². The predicted molar refractivity (Wildman–Crippen MR) is 123 cm³/mol. The van der Waals surface area contributed by atoms with E-state index >= 15 is 0 Å². The lowest BCUT2D eigenvalue weighted by molar-refractivity contribution is -0.135. The number of urea groups is 1. The Kier molecular flexibility index (Phi) is 6.93. The van der Waals surface area contributed by atoms with Crippen LogP contribution in [-0.2, 0) is 11.2 Å². The van der Waals surface area contributed by atoms with Gasteiger partial charge in [0.1, 0.15) is 17.0 Å². The van der Waals surface area contributed by atoms with Crippen molar-refractivity contribution in [2.75, 3.05) is 34.0 Å². The minimum atomic E-state index is -0.661. The van der Waals surface area contributed by atoms with Crippen LogP contribution in [0.1, 0.15) is 57.4 Å². The van der Waals surface area contributed by atoms with Crippen LogP contribution in [0.15, 0.2) is 18.2 Å². The van der Waals surface area contributed by atoms with E-state index in [-0.39, 0.29) is 17.9 Å². The van der Waals surface area contributed by atoms with Gasteiger partial charge in [-0.05, 0) is 68.1 Å². The number of carbonyl (C=O) groups excluding carboxylic acids is 2. The van der Waals surface area contributed by atoms with Crippen LogP contribution >= 0.6 is 0 Å². The number of hydrogen-bond acceptors (Lipinski definition) is 5. The monoisotopic (exact) mass is 443 g/mol. The van der Waals surface area contributed by atoms with E-state index in [2.05, 4.69) is 29.3 Å². The van der Waals surface area contributed by atoms with Gasteiger partial charge in [-0.3, -0.25) is 9.69 Å². The van der Waals surface area contributed by atoms with Crippen LogP contribution in [0, 0.1) is 11.8 Å². The third-order valence-electron chi connectivity index (χ3n) is 7.80. The van der Waals surface area contributed by atoms with Crippen LogP contribution in [0.3, 0.4) is 0 Å². The summed E-state index contributed by atoms with van der Waals surface area (Å²) >= 11 is 0. The second kappa shape index (κ2) is 9.69. The normalized spacial score (nSPS) is 27.1. The molecule has 7 heteroatoms. The molecule has 0 bridgehead atoms. The Morgan fingerprint density at radius 3 is 2.34 bits per heavy atom. The minimum absolute atomic E-state index is 0.0104. The topological polar surface area (TPSA) is 71.1 Å². The smallest absolute Gasteiger partial charge is 0.326 e. The second-order valence-electron chi connectivity index (χ2n) is 9.74. The van der Waals surface area contributed by atoms with Crippen molar-refractivity contribution in [1.29, 1.82) is 0 Å². The molecule has 4 rings (SSSR count). The molecule has 1 saturated carbocycles. The van der Waals surface area contributed by atoms with Crippen LogP contribution in [0.4, 0.5) is 4.79 Å². The summed E-state index contributed by atoms with van der Waals surface area (Å²) in [7, 11) is 3.35. The first-order valence-electron chi connectivity index (χ1n) is 12.0.